The highest BCUT2D eigenvalue weighted by molar-refractivity contribution is 6.29. The summed E-state index contributed by atoms with van der Waals surface area (Å²) in [4.78, 5) is 27.5. The van der Waals surface area contributed by atoms with E-state index in [0.29, 0.717) is 31.4 Å². The van der Waals surface area contributed by atoms with Crippen molar-refractivity contribution in [3.63, 3.8) is 0 Å². The van der Waals surface area contributed by atoms with Crippen LogP contribution in [0.15, 0.2) is 12.1 Å². The van der Waals surface area contributed by atoms with Crippen LogP contribution in [0.3, 0.4) is 0 Å². The minimum Gasteiger partial charge on any atom is -0.469 e. The molecule has 20 heavy (non-hydrogen) atoms. The maximum atomic E-state index is 11.9. The lowest BCUT2D eigenvalue weighted by molar-refractivity contribution is -0.148. The summed E-state index contributed by atoms with van der Waals surface area (Å²) in [5.74, 6) is -0.744. The molecule has 0 N–H and O–H groups in total. The Kier molecular flexibility index (Phi) is 3.17. The summed E-state index contributed by atoms with van der Waals surface area (Å²) in [7, 11) is 1.39. The van der Waals surface area contributed by atoms with Crippen LogP contribution in [0.4, 0.5) is 0 Å². The zero-order chi connectivity index (χ0) is 14.3. The van der Waals surface area contributed by atoms with Crippen molar-refractivity contribution in [1.82, 2.24) is 4.98 Å². The lowest BCUT2D eigenvalue weighted by Crippen LogP contribution is -2.34. The molecule has 0 unspecified atom stereocenters. The van der Waals surface area contributed by atoms with Crippen LogP contribution < -0.4 is 0 Å². The maximum absolute atomic E-state index is 11.9. The second-order valence-corrected chi connectivity index (χ2v) is 5.60. The number of hydrogen-bond acceptors (Lipinski definition) is 5. The van der Waals surface area contributed by atoms with Gasteiger partial charge in [-0.1, -0.05) is 11.6 Å². The highest BCUT2D eigenvalue weighted by Gasteiger charge is 2.49. The number of carbonyl (C=O) groups excluding carboxylic acids is 2. The largest absolute Gasteiger partial charge is 0.469 e. The lowest BCUT2D eigenvalue weighted by atomic mass is 9.75. The fraction of sp³-hybridized carbons (Fsp3) is 0.500. The minimum absolute atomic E-state index is 0.117. The van der Waals surface area contributed by atoms with E-state index in [4.69, 9.17) is 21.1 Å². The van der Waals surface area contributed by atoms with E-state index in [0.717, 1.165) is 5.56 Å². The zero-order valence-electron chi connectivity index (χ0n) is 11.0. The highest BCUT2D eigenvalue weighted by atomic mass is 35.5. The summed E-state index contributed by atoms with van der Waals surface area (Å²) in [6.45, 7) is 0. The molecule has 0 atom stereocenters. The summed E-state index contributed by atoms with van der Waals surface area (Å²) in [6.07, 6.45) is 2.49. The van der Waals surface area contributed by atoms with E-state index < -0.39 is 11.6 Å². The molecule has 2 heterocycles. The third-order valence-electron chi connectivity index (χ3n) is 4.16. The van der Waals surface area contributed by atoms with Gasteiger partial charge in [0, 0.05) is 5.56 Å². The van der Waals surface area contributed by atoms with Crippen molar-refractivity contribution in [3.05, 3.63) is 28.5 Å². The first kappa shape index (κ1) is 13.4. The molecule has 0 aromatic carbocycles. The molecule has 0 amide bonds. The molecule has 1 aliphatic heterocycles. The minimum atomic E-state index is -0.644. The average molecular weight is 296 g/mol. The van der Waals surface area contributed by atoms with E-state index in [9.17, 15) is 9.59 Å². The van der Waals surface area contributed by atoms with E-state index in [-0.39, 0.29) is 17.0 Å². The van der Waals surface area contributed by atoms with Crippen LogP contribution in [0.25, 0.3) is 0 Å². The van der Waals surface area contributed by atoms with Gasteiger partial charge in [-0.3, -0.25) is 4.79 Å². The third kappa shape index (κ3) is 1.97. The van der Waals surface area contributed by atoms with Crippen LogP contribution in [-0.2, 0) is 19.9 Å². The summed E-state index contributed by atoms with van der Waals surface area (Å²) >= 11 is 5.82. The number of carbonyl (C=O) groups is 2. The van der Waals surface area contributed by atoms with Crippen LogP contribution >= 0.6 is 11.6 Å². The molecule has 1 aromatic heterocycles. The summed E-state index contributed by atoms with van der Waals surface area (Å²) in [5, 5.41) is 0.279. The predicted molar refractivity (Wildman–Crippen MR) is 70.3 cm³/mol. The smallest absolute Gasteiger partial charge is 0.358 e. The van der Waals surface area contributed by atoms with Gasteiger partial charge >= 0.3 is 11.9 Å². The second kappa shape index (κ2) is 4.74. The molecule has 3 rings (SSSR count). The summed E-state index contributed by atoms with van der Waals surface area (Å²) in [5.41, 5.74) is 0.443. The fourth-order valence-electron chi connectivity index (χ4n) is 3.10. The normalized spacial score (nSPS) is 28.1. The molecule has 106 valence electrons. The Bertz CT molecular complexity index is 579. The SMILES string of the molecule is COC(=O)[C@H]1CC[C@@]2(CC1)OC(=O)c1nc(Cl)ccc12. The first-order chi connectivity index (χ1) is 9.55. The molecule has 1 spiro atoms. The molecule has 1 saturated carbocycles. The van der Waals surface area contributed by atoms with E-state index in [2.05, 4.69) is 4.98 Å². The van der Waals surface area contributed by atoms with E-state index in [1.54, 1.807) is 12.1 Å². The molecular formula is C14H14ClNO4. The van der Waals surface area contributed by atoms with Crippen molar-refractivity contribution < 1.29 is 19.1 Å². The number of pyridine rings is 1. The Morgan fingerprint density at radius 1 is 1.45 bits per heavy atom. The molecule has 5 nitrogen and oxygen atoms in total. The van der Waals surface area contributed by atoms with Crippen LogP contribution in [-0.4, -0.2) is 24.0 Å². The van der Waals surface area contributed by atoms with Gasteiger partial charge in [0.15, 0.2) is 5.69 Å². The van der Waals surface area contributed by atoms with Gasteiger partial charge in [0.1, 0.15) is 10.8 Å². The molecule has 1 aliphatic carbocycles. The van der Waals surface area contributed by atoms with Crippen molar-refractivity contribution in [2.24, 2.45) is 5.92 Å². The lowest BCUT2D eigenvalue weighted by Gasteiger charge is -2.35. The maximum Gasteiger partial charge on any atom is 0.358 e. The Balaban J connectivity index is 1.87. The number of aromatic nitrogens is 1. The number of rotatable bonds is 1. The number of nitrogens with zero attached hydrogens (tertiary/aromatic N) is 1. The Morgan fingerprint density at radius 3 is 2.80 bits per heavy atom. The highest BCUT2D eigenvalue weighted by Crippen LogP contribution is 2.47. The number of esters is 2. The van der Waals surface area contributed by atoms with E-state index in [1.807, 2.05) is 0 Å². The van der Waals surface area contributed by atoms with Gasteiger partial charge < -0.3 is 9.47 Å². The molecule has 1 aromatic rings. The predicted octanol–water partition coefficient (Wildman–Crippen LogP) is 2.46. The number of methoxy groups -OCH3 is 1. The van der Waals surface area contributed by atoms with Crippen molar-refractivity contribution in [2.75, 3.05) is 7.11 Å². The number of hydrogen-bond donors (Lipinski definition) is 0. The Morgan fingerprint density at radius 2 is 2.15 bits per heavy atom. The second-order valence-electron chi connectivity index (χ2n) is 5.21. The van der Waals surface area contributed by atoms with Crippen LogP contribution in [0.2, 0.25) is 5.15 Å². The molecule has 1 fully saturated rings. The van der Waals surface area contributed by atoms with Crippen LogP contribution in [0.5, 0.6) is 0 Å². The third-order valence-corrected chi connectivity index (χ3v) is 4.37. The quantitative estimate of drug-likeness (QED) is 0.588. The monoisotopic (exact) mass is 295 g/mol. The van der Waals surface area contributed by atoms with Gasteiger partial charge in [-0.05, 0) is 37.8 Å². The molecule has 2 aliphatic rings. The first-order valence-electron chi connectivity index (χ1n) is 6.54. The van der Waals surface area contributed by atoms with Crippen molar-refractivity contribution >= 4 is 23.5 Å². The number of halogens is 1. The summed E-state index contributed by atoms with van der Waals surface area (Å²) in [6, 6.07) is 3.46. The van der Waals surface area contributed by atoms with E-state index >= 15 is 0 Å². The van der Waals surface area contributed by atoms with Crippen LogP contribution in [0, 0.1) is 5.92 Å². The van der Waals surface area contributed by atoms with Crippen molar-refractivity contribution in [2.45, 2.75) is 31.3 Å². The summed E-state index contributed by atoms with van der Waals surface area (Å²) < 4.78 is 10.3. The van der Waals surface area contributed by atoms with Gasteiger partial charge in [0.05, 0.1) is 13.0 Å². The Labute approximate surface area is 121 Å². The van der Waals surface area contributed by atoms with Gasteiger partial charge in [-0.15, -0.1) is 0 Å². The molecule has 0 bridgehead atoms. The van der Waals surface area contributed by atoms with E-state index in [1.165, 1.54) is 7.11 Å². The van der Waals surface area contributed by atoms with Crippen molar-refractivity contribution in [3.8, 4) is 0 Å². The van der Waals surface area contributed by atoms with Gasteiger partial charge in [-0.2, -0.15) is 0 Å². The molecule has 0 saturated heterocycles. The van der Waals surface area contributed by atoms with Gasteiger partial charge in [0.25, 0.3) is 0 Å². The fourth-order valence-corrected chi connectivity index (χ4v) is 3.24. The van der Waals surface area contributed by atoms with Crippen molar-refractivity contribution in [1.29, 1.82) is 0 Å². The number of fused-ring (bicyclic) bond motifs is 2. The first-order valence-corrected chi connectivity index (χ1v) is 6.92. The van der Waals surface area contributed by atoms with Crippen LogP contribution in [0.1, 0.15) is 41.7 Å². The average Bonchev–Trinajstić information content (AvgIpc) is 2.71. The topological polar surface area (TPSA) is 65.5 Å². The Hall–Kier alpha value is -1.62. The molecule has 0 radical (unpaired) electrons. The van der Waals surface area contributed by atoms with Gasteiger partial charge in [0.2, 0.25) is 0 Å². The standard InChI is InChI=1S/C14H14ClNO4/c1-19-12(17)8-4-6-14(7-5-8)9-2-3-10(15)16-11(9)13(18)20-14/h2-3,8H,4-7H2,1H3/t8-,14-. The zero-order valence-corrected chi connectivity index (χ0v) is 11.8. The molecular weight excluding hydrogens is 282 g/mol. The van der Waals surface area contributed by atoms with Gasteiger partial charge in [-0.25, -0.2) is 9.78 Å². The number of ether oxygens (including phenoxy) is 2. The molecule has 6 heteroatoms.